The number of furan rings is 1. The Hall–Kier alpha value is -3.53. The van der Waals surface area contributed by atoms with E-state index in [0.717, 1.165) is 11.3 Å². The van der Waals surface area contributed by atoms with Gasteiger partial charge in [0.05, 0.1) is 15.4 Å². The molecule has 1 saturated heterocycles. The number of amides is 2. The van der Waals surface area contributed by atoms with Crippen LogP contribution in [0.4, 0.5) is 9.39 Å². The predicted octanol–water partition coefficient (Wildman–Crippen LogP) is 3.65. The number of hydrogen-bond donors (Lipinski definition) is 0. The van der Waals surface area contributed by atoms with Crippen molar-refractivity contribution < 1.29 is 23.3 Å². The lowest BCUT2D eigenvalue weighted by Gasteiger charge is -2.34. The summed E-state index contributed by atoms with van der Waals surface area (Å²) in [7, 11) is 0. The molecule has 8 nitrogen and oxygen atoms in total. The molecule has 2 amide bonds. The van der Waals surface area contributed by atoms with Crippen LogP contribution < -0.4 is 0 Å². The van der Waals surface area contributed by atoms with E-state index in [1.807, 2.05) is 0 Å². The molecule has 1 fully saturated rings. The van der Waals surface area contributed by atoms with E-state index in [2.05, 4.69) is 0 Å². The van der Waals surface area contributed by atoms with Crippen LogP contribution in [0.1, 0.15) is 20.2 Å². The van der Waals surface area contributed by atoms with Gasteiger partial charge in [0.15, 0.2) is 5.76 Å². The van der Waals surface area contributed by atoms with Gasteiger partial charge in [-0.3, -0.25) is 19.7 Å². The number of nitro groups is 1. The molecule has 0 saturated carbocycles. The Bertz CT molecular complexity index is 1120. The van der Waals surface area contributed by atoms with E-state index >= 15 is 0 Å². The normalized spacial score (nSPS) is 14.0. The van der Waals surface area contributed by atoms with Crippen LogP contribution in [-0.4, -0.2) is 52.7 Å². The summed E-state index contributed by atoms with van der Waals surface area (Å²) >= 11 is 0.832. The van der Waals surface area contributed by atoms with Crippen LogP contribution >= 0.6 is 11.3 Å². The largest absolute Gasteiger partial charge is 0.451 e. The van der Waals surface area contributed by atoms with Crippen molar-refractivity contribution in [2.24, 2.45) is 0 Å². The highest BCUT2D eigenvalue weighted by Gasteiger charge is 2.28. The first-order chi connectivity index (χ1) is 14.4. The van der Waals surface area contributed by atoms with Gasteiger partial charge in [-0.2, -0.15) is 0 Å². The summed E-state index contributed by atoms with van der Waals surface area (Å²) in [5.41, 5.74) is 0.275. The van der Waals surface area contributed by atoms with Gasteiger partial charge in [0, 0.05) is 32.2 Å². The molecule has 3 aromatic rings. The Morgan fingerprint density at radius 2 is 1.63 bits per heavy atom. The lowest BCUT2D eigenvalue weighted by Crippen LogP contribution is -2.50. The molecule has 30 heavy (non-hydrogen) atoms. The molecule has 0 atom stereocenters. The number of nitrogens with zero attached hydrogens (tertiary/aromatic N) is 3. The number of halogens is 1. The maximum atomic E-state index is 13.9. The second-order valence-corrected chi connectivity index (χ2v) is 7.69. The summed E-state index contributed by atoms with van der Waals surface area (Å²) in [6, 6.07) is 11.9. The minimum absolute atomic E-state index is 0.0874. The van der Waals surface area contributed by atoms with Crippen molar-refractivity contribution in [3.05, 3.63) is 75.1 Å². The fourth-order valence-corrected chi connectivity index (χ4v) is 4.01. The highest BCUT2D eigenvalue weighted by atomic mass is 32.1. The first-order valence-corrected chi connectivity index (χ1v) is 9.93. The lowest BCUT2D eigenvalue weighted by molar-refractivity contribution is -0.380. The average Bonchev–Trinajstić information content (AvgIpc) is 3.43. The third-order valence-corrected chi connectivity index (χ3v) is 5.82. The smallest absolute Gasteiger partial charge is 0.324 e. The number of piperazine rings is 1. The first kappa shape index (κ1) is 19.8. The van der Waals surface area contributed by atoms with Gasteiger partial charge in [-0.25, -0.2) is 4.39 Å². The monoisotopic (exact) mass is 429 g/mol. The molecule has 1 aromatic carbocycles. The molecule has 154 valence electrons. The summed E-state index contributed by atoms with van der Waals surface area (Å²) in [5.74, 6) is -0.699. The van der Waals surface area contributed by atoms with E-state index < -0.39 is 10.7 Å². The minimum Gasteiger partial charge on any atom is -0.451 e. The summed E-state index contributed by atoms with van der Waals surface area (Å²) in [6.45, 7) is 1.20. The molecule has 3 heterocycles. The van der Waals surface area contributed by atoms with E-state index in [1.54, 1.807) is 34.1 Å². The van der Waals surface area contributed by atoms with Gasteiger partial charge in [0.1, 0.15) is 11.6 Å². The first-order valence-electron chi connectivity index (χ1n) is 9.11. The standard InChI is InChI=1S/C20H16FN3O5S/c21-14-4-2-1-3-13(14)15-5-6-16(29-15)19(25)22-9-11-23(12-10-22)20(26)17-7-8-18(30-17)24(27)28/h1-8H,9-12H2. The van der Waals surface area contributed by atoms with Crippen LogP contribution in [0, 0.1) is 15.9 Å². The van der Waals surface area contributed by atoms with Crippen LogP contribution in [0.15, 0.2) is 52.9 Å². The van der Waals surface area contributed by atoms with E-state index in [9.17, 15) is 24.1 Å². The fraction of sp³-hybridized carbons (Fsp3) is 0.200. The second kappa shape index (κ2) is 8.07. The highest BCUT2D eigenvalue weighted by Crippen LogP contribution is 2.27. The number of hydrogen-bond acceptors (Lipinski definition) is 6. The molecule has 0 unspecified atom stereocenters. The number of carbonyl (C=O) groups excluding carboxylic acids is 2. The van der Waals surface area contributed by atoms with Crippen molar-refractivity contribution in [3.8, 4) is 11.3 Å². The van der Waals surface area contributed by atoms with E-state index in [0.29, 0.717) is 31.1 Å². The predicted molar refractivity (Wildman–Crippen MR) is 107 cm³/mol. The van der Waals surface area contributed by atoms with Crippen molar-refractivity contribution in [1.82, 2.24) is 9.80 Å². The maximum absolute atomic E-state index is 13.9. The number of benzene rings is 1. The Morgan fingerprint density at radius 1 is 0.967 bits per heavy atom. The van der Waals surface area contributed by atoms with Gasteiger partial charge in [0.25, 0.3) is 11.8 Å². The maximum Gasteiger partial charge on any atom is 0.324 e. The summed E-state index contributed by atoms with van der Waals surface area (Å²) in [4.78, 5) is 38.9. The Morgan fingerprint density at radius 3 is 2.27 bits per heavy atom. The fourth-order valence-electron chi connectivity index (χ4n) is 3.22. The van der Waals surface area contributed by atoms with Gasteiger partial charge in [-0.1, -0.05) is 23.5 Å². The molecular weight excluding hydrogens is 413 g/mol. The van der Waals surface area contributed by atoms with Crippen molar-refractivity contribution in [1.29, 1.82) is 0 Å². The molecule has 0 radical (unpaired) electrons. The summed E-state index contributed by atoms with van der Waals surface area (Å²) in [6.07, 6.45) is 0. The molecule has 0 spiro atoms. The zero-order valence-electron chi connectivity index (χ0n) is 15.6. The Kier molecular flexibility index (Phi) is 5.32. The van der Waals surface area contributed by atoms with Crippen LogP contribution in [0.3, 0.4) is 0 Å². The van der Waals surface area contributed by atoms with Crippen molar-refractivity contribution >= 4 is 28.2 Å². The topological polar surface area (TPSA) is 96.9 Å². The molecule has 0 bridgehead atoms. The van der Waals surface area contributed by atoms with E-state index in [-0.39, 0.29) is 33.9 Å². The van der Waals surface area contributed by atoms with Crippen molar-refractivity contribution in [2.45, 2.75) is 0 Å². The third-order valence-electron chi connectivity index (χ3n) is 4.79. The lowest BCUT2D eigenvalue weighted by atomic mass is 10.1. The van der Waals surface area contributed by atoms with Gasteiger partial charge in [-0.05, 0) is 30.3 Å². The minimum atomic E-state index is -0.531. The second-order valence-electron chi connectivity index (χ2n) is 6.62. The highest BCUT2D eigenvalue weighted by molar-refractivity contribution is 7.17. The number of carbonyl (C=O) groups is 2. The zero-order valence-corrected chi connectivity index (χ0v) is 16.4. The molecule has 0 N–H and O–H groups in total. The third kappa shape index (κ3) is 3.81. The van der Waals surface area contributed by atoms with Gasteiger partial charge < -0.3 is 14.2 Å². The van der Waals surface area contributed by atoms with Crippen LogP contribution in [-0.2, 0) is 0 Å². The van der Waals surface area contributed by atoms with Crippen LogP contribution in [0.5, 0.6) is 0 Å². The SMILES string of the molecule is O=C(c1ccc(-c2ccccc2F)o1)N1CCN(C(=O)c2ccc([N+](=O)[O-])s2)CC1. The quantitative estimate of drug-likeness (QED) is 0.466. The van der Waals surface area contributed by atoms with Crippen molar-refractivity contribution in [3.63, 3.8) is 0 Å². The summed E-state index contributed by atoms with van der Waals surface area (Å²) in [5, 5.41) is 10.7. The van der Waals surface area contributed by atoms with Gasteiger partial charge in [0.2, 0.25) is 0 Å². The molecule has 2 aromatic heterocycles. The molecule has 4 rings (SSSR count). The van der Waals surface area contributed by atoms with Gasteiger partial charge >= 0.3 is 5.00 Å². The molecule has 10 heteroatoms. The van der Waals surface area contributed by atoms with E-state index in [4.69, 9.17) is 4.42 Å². The Balaban J connectivity index is 1.39. The Labute approximate surface area is 174 Å². The number of rotatable bonds is 4. The van der Waals surface area contributed by atoms with Crippen LogP contribution in [0.2, 0.25) is 0 Å². The number of thiophene rings is 1. The van der Waals surface area contributed by atoms with Gasteiger partial charge in [-0.15, -0.1) is 0 Å². The average molecular weight is 429 g/mol. The molecule has 1 aliphatic heterocycles. The van der Waals surface area contributed by atoms with Crippen LogP contribution in [0.25, 0.3) is 11.3 Å². The summed E-state index contributed by atoms with van der Waals surface area (Å²) < 4.78 is 19.5. The molecule has 1 aliphatic rings. The van der Waals surface area contributed by atoms with Crippen molar-refractivity contribution in [2.75, 3.05) is 26.2 Å². The molecular formula is C20H16FN3O5S. The van der Waals surface area contributed by atoms with E-state index in [1.165, 1.54) is 24.3 Å². The molecule has 0 aliphatic carbocycles. The zero-order chi connectivity index (χ0) is 21.3.